The number of nitrogens with zero attached hydrogens (tertiary/aromatic N) is 1. The third kappa shape index (κ3) is 4.23. The van der Waals surface area contributed by atoms with Crippen molar-refractivity contribution in [3.63, 3.8) is 0 Å². The van der Waals surface area contributed by atoms with Gasteiger partial charge in [0.05, 0.1) is 7.11 Å². The van der Waals surface area contributed by atoms with E-state index in [9.17, 15) is 4.79 Å². The predicted molar refractivity (Wildman–Crippen MR) is 79.8 cm³/mol. The van der Waals surface area contributed by atoms with E-state index in [1.807, 2.05) is 36.1 Å². The lowest BCUT2D eigenvalue weighted by atomic mass is 10.1. The van der Waals surface area contributed by atoms with Gasteiger partial charge in [0.15, 0.2) is 0 Å². The summed E-state index contributed by atoms with van der Waals surface area (Å²) in [4.78, 5) is 14.3. The number of hydrogen-bond donors (Lipinski definition) is 0. The maximum atomic E-state index is 12.5. The third-order valence-electron chi connectivity index (χ3n) is 3.29. The summed E-state index contributed by atoms with van der Waals surface area (Å²) in [6, 6.07) is 7.79. The highest BCUT2D eigenvalue weighted by atomic mass is 16.5. The van der Waals surface area contributed by atoms with Crippen LogP contribution in [0.3, 0.4) is 0 Å². The van der Waals surface area contributed by atoms with Gasteiger partial charge in [-0.25, -0.2) is 0 Å². The predicted octanol–water partition coefficient (Wildman–Crippen LogP) is 2.86. The van der Waals surface area contributed by atoms with Crippen molar-refractivity contribution in [3.8, 4) is 5.75 Å². The Balaban J connectivity index is 2.88. The molecule has 112 valence electrons. The average Bonchev–Trinajstić information content (AvgIpc) is 2.48. The first-order valence-corrected chi connectivity index (χ1v) is 7.11. The fraction of sp³-hybridized carbons (Fsp3) is 0.562. The van der Waals surface area contributed by atoms with Crippen LogP contribution in [-0.4, -0.2) is 37.7 Å². The Labute approximate surface area is 121 Å². The molecule has 1 rings (SSSR count). The molecule has 0 heterocycles. The summed E-state index contributed by atoms with van der Waals surface area (Å²) in [6.45, 7) is 5.29. The topological polar surface area (TPSA) is 38.8 Å². The molecule has 0 aromatic heterocycles. The van der Waals surface area contributed by atoms with E-state index in [-0.39, 0.29) is 12.0 Å². The highest BCUT2D eigenvalue weighted by Gasteiger charge is 2.22. The zero-order valence-corrected chi connectivity index (χ0v) is 12.9. The molecule has 0 saturated heterocycles. The zero-order chi connectivity index (χ0) is 15.0. The molecule has 4 heteroatoms. The van der Waals surface area contributed by atoms with Crippen LogP contribution in [-0.2, 0) is 16.1 Å². The Morgan fingerprint density at radius 1 is 1.25 bits per heavy atom. The van der Waals surface area contributed by atoms with E-state index in [1.165, 1.54) is 0 Å². The molecule has 0 spiro atoms. The minimum atomic E-state index is -0.365. The SMILES string of the molecule is CCCN(Cc1ccccc1OC)C(=O)C(CC)OC. The third-order valence-corrected chi connectivity index (χ3v) is 3.29. The molecule has 0 fully saturated rings. The molecule has 1 atom stereocenters. The normalized spacial score (nSPS) is 12.0. The molecule has 0 aliphatic heterocycles. The number of amides is 1. The number of rotatable bonds is 8. The summed E-state index contributed by atoms with van der Waals surface area (Å²) in [5, 5.41) is 0. The van der Waals surface area contributed by atoms with E-state index < -0.39 is 0 Å². The van der Waals surface area contributed by atoms with Crippen LogP contribution in [0, 0.1) is 0 Å². The zero-order valence-electron chi connectivity index (χ0n) is 12.9. The molecule has 0 bridgehead atoms. The molecular weight excluding hydrogens is 254 g/mol. The largest absolute Gasteiger partial charge is 0.496 e. The Bertz CT molecular complexity index is 416. The fourth-order valence-corrected chi connectivity index (χ4v) is 2.22. The van der Waals surface area contributed by atoms with Gasteiger partial charge < -0.3 is 14.4 Å². The number of ether oxygens (including phenoxy) is 2. The minimum Gasteiger partial charge on any atom is -0.496 e. The number of benzene rings is 1. The van der Waals surface area contributed by atoms with Gasteiger partial charge in [-0.3, -0.25) is 4.79 Å². The highest BCUT2D eigenvalue weighted by molar-refractivity contribution is 5.81. The van der Waals surface area contributed by atoms with Gasteiger partial charge in [0.1, 0.15) is 11.9 Å². The first-order chi connectivity index (χ1) is 9.67. The standard InChI is InChI=1S/C16H25NO3/c1-5-11-17(16(18)14(6-2)19-3)12-13-9-7-8-10-15(13)20-4/h7-10,14H,5-6,11-12H2,1-4H3. The summed E-state index contributed by atoms with van der Waals surface area (Å²) in [5.41, 5.74) is 1.02. The lowest BCUT2D eigenvalue weighted by Gasteiger charge is -2.26. The van der Waals surface area contributed by atoms with Crippen molar-refractivity contribution in [2.75, 3.05) is 20.8 Å². The first kappa shape index (κ1) is 16.5. The Hall–Kier alpha value is -1.55. The second-order valence-corrected chi connectivity index (χ2v) is 4.70. The van der Waals surface area contributed by atoms with Crippen LogP contribution < -0.4 is 4.74 Å². The molecule has 0 N–H and O–H groups in total. The molecular formula is C16H25NO3. The van der Waals surface area contributed by atoms with Crippen molar-refractivity contribution >= 4 is 5.91 Å². The molecule has 0 radical (unpaired) electrons. The van der Waals surface area contributed by atoms with Crippen LogP contribution in [0.4, 0.5) is 0 Å². The summed E-state index contributed by atoms with van der Waals surface area (Å²) >= 11 is 0. The maximum Gasteiger partial charge on any atom is 0.251 e. The van der Waals surface area contributed by atoms with E-state index in [1.54, 1.807) is 14.2 Å². The van der Waals surface area contributed by atoms with Crippen molar-refractivity contribution in [1.29, 1.82) is 0 Å². The van der Waals surface area contributed by atoms with Crippen LogP contribution in [0.1, 0.15) is 32.3 Å². The molecule has 1 aromatic carbocycles. The van der Waals surface area contributed by atoms with Gasteiger partial charge in [-0.2, -0.15) is 0 Å². The molecule has 0 aliphatic carbocycles. The lowest BCUT2D eigenvalue weighted by molar-refractivity contribution is -0.142. The van der Waals surface area contributed by atoms with Crippen molar-refractivity contribution in [2.24, 2.45) is 0 Å². The molecule has 1 unspecified atom stereocenters. The average molecular weight is 279 g/mol. The number of hydrogen-bond acceptors (Lipinski definition) is 3. The van der Waals surface area contributed by atoms with Crippen molar-refractivity contribution in [1.82, 2.24) is 4.90 Å². The van der Waals surface area contributed by atoms with Gasteiger partial charge in [0.25, 0.3) is 5.91 Å². The Morgan fingerprint density at radius 2 is 1.95 bits per heavy atom. The second-order valence-electron chi connectivity index (χ2n) is 4.70. The van der Waals surface area contributed by atoms with Crippen LogP contribution in [0.15, 0.2) is 24.3 Å². The van der Waals surface area contributed by atoms with Crippen molar-refractivity contribution in [3.05, 3.63) is 29.8 Å². The van der Waals surface area contributed by atoms with E-state index in [4.69, 9.17) is 9.47 Å². The van der Waals surface area contributed by atoms with Crippen molar-refractivity contribution < 1.29 is 14.3 Å². The van der Waals surface area contributed by atoms with Gasteiger partial charge in [0.2, 0.25) is 0 Å². The van der Waals surface area contributed by atoms with Crippen LogP contribution >= 0.6 is 0 Å². The summed E-state index contributed by atoms with van der Waals surface area (Å²) in [5.74, 6) is 0.856. The number of carbonyl (C=O) groups excluding carboxylic acids is 1. The van der Waals surface area contributed by atoms with Crippen LogP contribution in [0.2, 0.25) is 0 Å². The molecule has 20 heavy (non-hydrogen) atoms. The van der Waals surface area contributed by atoms with E-state index in [2.05, 4.69) is 6.92 Å². The monoisotopic (exact) mass is 279 g/mol. The minimum absolute atomic E-state index is 0.0442. The number of methoxy groups -OCH3 is 2. The van der Waals surface area contributed by atoms with Crippen molar-refractivity contribution in [2.45, 2.75) is 39.3 Å². The van der Waals surface area contributed by atoms with Crippen LogP contribution in [0.25, 0.3) is 0 Å². The lowest BCUT2D eigenvalue weighted by Crippen LogP contribution is -2.39. The smallest absolute Gasteiger partial charge is 0.251 e. The van der Waals surface area contributed by atoms with Gasteiger partial charge in [0, 0.05) is 25.8 Å². The second kappa shape index (κ2) is 8.59. The Morgan fingerprint density at radius 3 is 2.50 bits per heavy atom. The Kier molecular flexibility index (Phi) is 7.09. The molecule has 0 aliphatic rings. The summed E-state index contributed by atoms with van der Waals surface area (Å²) in [6.07, 6.45) is 1.24. The van der Waals surface area contributed by atoms with E-state index in [0.29, 0.717) is 13.0 Å². The summed E-state index contributed by atoms with van der Waals surface area (Å²) in [7, 11) is 3.23. The highest BCUT2D eigenvalue weighted by Crippen LogP contribution is 2.20. The summed E-state index contributed by atoms with van der Waals surface area (Å²) < 4.78 is 10.6. The van der Waals surface area contributed by atoms with E-state index >= 15 is 0 Å². The van der Waals surface area contributed by atoms with Crippen LogP contribution in [0.5, 0.6) is 5.75 Å². The van der Waals surface area contributed by atoms with Gasteiger partial charge in [-0.15, -0.1) is 0 Å². The maximum absolute atomic E-state index is 12.5. The number of carbonyl (C=O) groups is 1. The van der Waals surface area contributed by atoms with Gasteiger partial charge in [-0.1, -0.05) is 32.0 Å². The number of para-hydroxylation sites is 1. The molecule has 1 aromatic rings. The molecule has 0 saturated carbocycles. The molecule has 4 nitrogen and oxygen atoms in total. The fourth-order valence-electron chi connectivity index (χ4n) is 2.22. The first-order valence-electron chi connectivity index (χ1n) is 7.11. The van der Waals surface area contributed by atoms with E-state index in [0.717, 1.165) is 24.3 Å². The molecule has 1 amide bonds. The van der Waals surface area contributed by atoms with Gasteiger partial charge in [-0.05, 0) is 18.9 Å². The van der Waals surface area contributed by atoms with Gasteiger partial charge >= 0.3 is 0 Å². The quantitative estimate of drug-likeness (QED) is 0.734.